The highest BCUT2D eigenvalue weighted by Gasteiger charge is 2.15. The molecule has 3 nitrogen and oxygen atoms in total. The normalized spacial score (nSPS) is 11.6. The van der Waals surface area contributed by atoms with Crippen molar-refractivity contribution in [1.29, 1.82) is 5.26 Å². The van der Waals surface area contributed by atoms with Crippen LogP contribution in [0.1, 0.15) is 6.92 Å². The van der Waals surface area contributed by atoms with Gasteiger partial charge in [0.05, 0.1) is 5.02 Å². The molecule has 0 atom stereocenters. The number of aliphatic hydroxyl groups excluding tert-OH is 1. The van der Waals surface area contributed by atoms with Crippen molar-refractivity contribution < 1.29 is 9.90 Å². The fourth-order valence-electron chi connectivity index (χ4n) is 0.953. The number of hydrogen-bond acceptors (Lipinski definition) is 4. The van der Waals surface area contributed by atoms with E-state index in [9.17, 15) is 4.79 Å². The van der Waals surface area contributed by atoms with Gasteiger partial charge in [0, 0.05) is 4.90 Å². The summed E-state index contributed by atoms with van der Waals surface area (Å²) in [5.74, 6) is -0.285. The van der Waals surface area contributed by atoms with Crippen LogP contribution in [0.2, 0.25) is 5.02 Å². The summed E-state index contributed by atoms with van der Waals surface area (Å²) in [6.45, 7) is 1.30. The first-order chi connectivity index (χ1) is 7.56. The fourth-order valence-corrected chi connectivity index (χ4v) is 2.01. The molecule has 0 spiro atoms. The van der Waals surface area contributed by atoms with Crippen molar-refractivity contribution in [2.75, 3.05) is 0 Å². The van der Waals surface area contributed by atoms with E-state index in [-0.39, 0.29) is 11.3 Å². The summed E-state index contributed by atoms with van der Waals surface area (Å²) >= 11 is 6.68. The molecule has 0 fully saturated rings. The number of nitrogens with zero attached hydrogens (tertiary/aromatic N) is 1. The van der Waals surface area contributed by atoms with Crippen LogP contribution in [-0.2, 0) is 4.79 Å². The minimum absolute atomic E-state index is 0.259. The van der Waals surface area contributed by atoms with Crippen LogP contribution in [-0.4, -0.2) is 10.2 Å². The molecule has 16 heavy (non-hydrogen) atoms. The van der Waals surface area contributed by atoms with Gasteiger partial charge >= 0.3 is 0 Å². The molecule has 5 heteroatoms. The number of rotatable bonds is 2. The molecule has 0 heterocycles. The molecule has 0 aromatic heterocycles. The molecule has 0 bridgehead atoms. The summed E-state index contributed by atoms with van der Waals surface area (Å²) in [5.41, 5.74) is -0.259. The van der Waals surface area contributed by atoms with Gasteiger partial charge in [-0.25, -0.2) is 0 Å². The lowest BCUT2D eigenvalue weighted by atomic mass is 10.3. The minimum atomic E-state index is -0.518. The Morgan fingerprint density at radius 2 is 2.12 bits per heavy atom. The zero-order chi connectivity index (χ0) is 12.1. The lowest BCUT2D eigenvalue weighted by molar-refractivity contribution is -0.107. The number of halogens is 1. The second-order valence-corrected chi connectivity index (χ2v) is 4.31. The summed E-state index contributed by atoms with van der Waals surface area (Å²) in [7, 11) is 0. The van der Waals surface area contributed by atoms with E-state index in [0.29, 0.717) is 9.92 Å². The van der Waals surface area contributed by atoms with E-state index in [4.69, 9.17) is 22.0 Å². The third-order valence-electron chi connectivity index (χ3n) is 1.72. The van der Waals surface area contributed by atoms with E-state index in [1.807, 2.05) is 0 Å². The molecule has 82 valence electrons. The lowest BCUT2D eigenvalue weighted by Gasteiger charge is -2.02. The highest BCUT2D eigenvalue weighted by Crippen LogP contribution is 2.29. The van der Waals surface area contributed by atoms with Crippen molar-refractivity contribution in [3.8, 4) is 6.07 Å². The Morgan fingerprint density at radius 1 is 1.50 bits per heavy atom. The van der Waals surface area contributed by atoms with E-state index < -0.39 is 5.12 Å². The number of carbonyl (C=O) groups is 1. The molecule has 0 amide bonds. The quantitative estimate of drug-likeness (QED) is 0.380. The number of carbonyl (C=O) groups excluding carboxylic acids is 1. The molecule has 1 aromatic carbocycles. The molecule has 0 aliphatic rings. The van der Waals surface area contributed by atoms with E-state index >= 15 is 0 Å². The molecule has 1 N–H and O–H groups in total. The number of nitriles is 1. The van der Waals surface area contributed by atoms with Gasteiger partial charge in [-0.05, 0) is 30.8 Å². The average molecular weight is 254 g/mol. The maximum Gasteiger partial charge on any atom is 0.238 e. The van der Waals surface area contributed by atoms with E-state index in [1.165, 1.54) is 6.92 Å². The van der Waals surface area contributed by atoms with Crippen molar-refractivity contribution in [2.24, 2.45) is 0 Å². The first-order valence-electron chi connectivity index (χ1n) is 4.33. The fraction of sp³-hybridized carbons (Fsp3) is 0.0909. The molecule has 1 aromatic rings. The molecule has 0 radical (unpaired) electrons. The topological polar surface area (TPSA) is 61.1 Å². The van der Waals surface area contributed by atoms with Gasteiger partial charge in [-0.3, -0.25) is 4.79 Å². The zero-order valence-electron chi connectivity index (χ0n) is 8.40. The van der Waals surface area contributed by atoms with Crippen LogP contribution < -0.4 is 0 Å². The Bertz CT molecular complexity index is 487. The molecule has 0 unspecified atom stereocenters. The molecule has 0 aliphatic heterocycles. The Kier molecular flexibility index (Phi) is 4.41. The van der Waals surface area contributed by atoms with Crippen LogP contribution in [0.15, 0.2) is 40.5 Å². The van der Waals surface area contributed by atoms with E-state index in [1.54, 1.807) is 30.3 Å². The number of aliphatic hydroxyl groups is 1. The van der Waals surface area contributed by atoms with Crippen molar-refractivity contribution in [3.63, 3.8) is 0 Å². The average Bonchev–Trinajstić information content (AvgIpc) is 2.22. The first kappa shape index (κ1) is 12.6. The number of hydrogen-bond donors (Lipinski definition) is 1. The highest BCUT2D eigenvalue weighted by atomic mass is 35.5. The Balaban J connectivity index is 2.93. The SMILES string of the molecule is CC(O)=C(C#N)C(=O)Sc1ccccc1Cl. The second kappa shape index (κ2) is 5.59. The van der Waals surface area contributed by atoms with Crippen molar-refractivity contribution in [2.45, 2.75) is 11.8 Å². The van der Waals surface area contributed by atoms with Gasteiger partial charge in [0.15, 0.2) is 0 Å². The van der Waals surface area contributed by atoms with Gasteiger partial charge in [0.25, 0.3) is 0 Å². The monoisotopic (exact) mass is 253 g/mol. The maximum atomic E-state index is 11.6. The number of allylic oxidation sites excluding steroid dienone is 1. The van der Waals surface area contributed by atoms with Crippen LogP contribution >= 0.6 is 23.4 Å². The maximum absolute atomic E-state index is 11.6. The molecule has 1 rings (SSSR count). The number of thioether (sulfide) groups is 1. The summed E-state index contributed by atoms with van der Waals surface area (Å²) in [6.07, 6.45) is 0. The Morgan fingerprint density at radius 3 is 2.62 bits per heavy atom. The van der Waals surface area contributed by atoms with Crippen LogP contribution in [0.4, 0.5) is 0 Å². The largest absolute Gasteiger partial charge is 0.511 e. The molecule has 0 saturated heterocycles. The standard InChI is InChI=1S/C11H8ClNO2S/c1-7(14)8(6-13)11(15)16-10-5-3-2-4-9(10)12/h2-5,14H,1H3. The Hall–Kier alpha value is -1.44. The third-order valence-corrected chi connectivity index (χ3v) is 3.12. The summed E-state index contributed by atoms with van der Waals surface area (Å²) in [5, 5.41) is 17.7. The van der Waals surface area contributed by atoms with Gasteiger partial charge in [0.2, 0.25) is 5.12 Å². The first-order valence-corrected chi connectivity index (χ1v) is 5.52. The van der Waals surface area contributed by atoms with Gasteiger partial charge in [-0.1, -0.05) is 23.7 Å². The predicted octanol–water partition coefficient (Wildman–Crippen LogP) is 3.31. The molecular weight excluding hydrogens is 246 g/mol. The molecular formula is C11H8ClNO2S. The summed E-state index contributed by atoms with van der Waals surface area (Å²) in [6, 6.07) is 8.47. The van der Waals surface area contributed by atoms with Crippen LogP contribution in [0.25, 0.3) is 0 Å². The van der Waals surface area contributed by atoms with Crippen molar-refractivity contribution in [3.05, 3.63) is 40.6 Å². The highest BCUT2D eigenvalue weighted by molar-refractivity contribution is 8.14. The summed E-state index contributed by atoms with van der Waals surface area (Å²) < 4.78 is 0. The zero-order valence-corrected chi connectivity index (χ0v) is 9.97. The minimum Gasteiger partial charge on any atom is -0.511 e. The second-order valence-electron chi connectivity index (χ2n) is 2.89. The van der Waals surface area contributed by atoms with Gasteiger partial charge in [0.1, 0.15) is 17.4 Å². The van der Waals surface area contributed by atoms with Crippen molar-refractivity contribution in [1.82, 2.24) is 0 Å². The van der Waals surface area contributed by atoms with E-state index in [2.05, 4.69) is 0 Å². The van der Waals surface area contributed by atoms with Crippen LogP contribution in [0, 0.1) is 11.3 Å². The van der Waals surface area contributed by atoms with Gasteiger partial charge in [-0.2, -0.15) is 5.26 Å². The predicted molar refractivity (Wildman–Crippen MR) is 63.3 cm³/mol. The summed E-state index contributed by atoms with van der Waals surface area (Å²) in [4.78, 5) is 12.2. The molecule has 0 aliphatic carbocycles. The van der Waals surface area contributed by atoms with Gasteiger partial charge < -0.3 is 5.11 Å². The van der Waals surface area contributed by atoms with E-state index in [0.717, 1.165) is 11.8 Å². The smallest absolute Gasteiger partial charge is 0.238 e. The third kappa shape index (κ3) is 3.02. The van der Waals surface area contributed by atoms with Crippen LogP contribution in [0.5, 0.6) is 0 Å². The van der Waals surface area contributed by atoms with Crippen molar-refractivity contribution >= 4 is 28.5 Å². The lowest BCUT2D eigenvalue weighted by Crippen LogP contribution is -1.98. The number of benzene rings is 1. The van der Waals surface area contributed by atoms with Crippen LogP contribution in [0.3, 0.4) is 0 Å². The van der Waals surface area contributed by atoms with Gasteiger partial charge in [-0.15, -0.1) is 0 Å². The Labute approximate surface area is 102 Å². The molecule has 0 saturated carbocycles.